The zero-order valence-corrected chi connectivity index (χ0v) is 15.8. The molecule has 2 heterocycles. The maximum Gasteiger partial charge on any atom is 0.292 e. The summed E-state index contributed by atoms with van der Waals surface area (Å²) in [6.07, 6.45) is 0. The molecule has 0 unspecified atom stereocenters. The number of nitrogens with one attached hydrogen (secondary N) is 1. The number of para-hydroxylation sites is 4. The zero-order chi connectivity index (χ0) is 19.7. The van der Waals surface area contributed by atoms with Gasteiger partial charge in [0, 0.05) is 12.6 Å². The number of nitro groups is 1. The molecular weight excluding hydrogens is 376 g/mol. The number of amides is 1. The molecule has 0 fully saturated rings. The molecule has 0 spiro atoms. The van der Waals surface area contributed by atoms with E-state index in [0.29, 0.717) is 4.88 Å². The molecular formula is C20H16N4O3S. The van der Waals surface area contributed by atoms with Crippen molar-refractivity contribution in [1.82, 2.24) is 9.55 Å². The number of hydrogen-bond acceptors (Lipinski definition) is 5. The molecule has 0 saturated heterocycles. The SMILES string of the molecule is CCn1c(-c2ccc(C(=O)Nc3ccccc3[N+](=O)[O-])s2)nc2ccccc21. The Bertz CT molecular complexity index is 1200. The minimum atomic E-state index is -0.515. The minimum absolute atomic E-state index is 0.139. The third-order valence-corrected chi connectivity index (χ3v) is 5.45. The number of carbonyl (C=O) groups excluding carboxylic acids is 1. The van der Waals surface area contributed by atoms with Gasteiger partial charge in [-0.1, -0.05) is 24.3 Å². The van der Waals surface area contributed by atoms with Crippen LogP contribution in [0.1, 0.15) is 16.6 Å². The van der Waals surface area contributed by atoms with Crippen molar-refractivity contribution in [2.24, 2.45) is 0 Å². The van der Waals surface area contributed by atoms with E-state index >= 15 is 0 Å². The van der Waals surface area contributed by atoms with Gasteiger partial charge in [0.1, 0.15) is 5.69 Å². The second-order valence-corrected chi connectivity index (χ2v) is 7.14. The van der Waals surface area contributed by atoms with E-state index < -0.39 is 4.92 Å². The van der Waals surface area contributed by atoms with Crippen LogP contribution >= 0.6 is 11.3 Å². The number of fused-ring (bicyclic) bond motifs is 1. The van der Waals surface area contributed by atoms with E-state index in [1.54, 1.807) is 18.2 Å². The molecule has 28 heavy (non-hydrogen) atoms. The molecule has 1 N–H and O–H groups in total. The van der Waals surface area contributed by atoms with Crippen molar-refractivity contribution in [3.63, 3.8) is 0 Å². The first-order chi connectivity index (χ1) is 13.6. The van der Waals surface area contributed by atoms with Gasteiger partial charge in [-0.2, -0.15) is 0 Å². The van der Waals surface area contributed by atoms with Crippen molar-refractivity contribution in [3.05, 3.63) is 75.7 Å². The molecule has 0 saturated carbocycles. The quantitative estimate of drug-likeness (QED) is 0.384. The van der Waals surface area contributed by atoms with E-state index in [9.17, 15) is 14.9 Å². The molecule has 140 valence electrons. The first-order valence-corrected chi connectivity index (χ1v) is 9.50. The van der Waals surface area contributed by atoms with Gasteiger partial charge in [-0.25, -0.2) is 4.98 Å². The van der Waals surface area contributed by atoms with Crippen LogP contribution in [0.15, 0.2) is 60.7 Å². The standard InChI is InChI=1S/C20H16N4O3S/c1-2-23-15-9-5-3-7-13(15)21-19(23)17-11-12-18(28-17)20(25)22-14-8-4-6-10-16(14)24(26)27/h3-12H,2H2,1H3,(H,22,25). The van der Waals surface area contributed by atoms with Gasteiger partial charge in [0.15, 0.2) is 5.82 Å². The van der Waals surface area contributed by atoms with Gasteiger partial charge in [0.25, 0.3) is 11.6 Å². The molecule has 0 aliphatic rings. The first-order valence-electron chi connectivity index (χ1n) is 8.68. The minimum Gasteiger partial charge on any atom is -0.324 e. The Kier molecular flexibility index (Phi) is 4.62. The van der Waals surface area contributed by atoms with Gasteiger partial charge in [0.05, 0.1) is 25.7 Å². The molecule has 4 aromatic rings. The van der Waals surface area contributed by atoms with Crippen molar-refractivity contribution in [2.75, 3.05) is 5.32 Å². The number of rotatable bonds is 5. The van der Waals surface area contributed by atoms with E-state index in [4.69, 9.17) is 4.98 Å². The van der Waals surface area contributed by atoms with E-state index in [-0.39, 0.29) is 17.3 Å². The number of hydrogen-bond donors (Lipinski definition) is 1. The van der Waals surface area contributed by atoms with Crippen LogP contribution in [0.4, 0.5) is 11.4 Å². The number of imidazole rings is 1. The van der Waals surface area contributed by atoms with Gasteiger partial charge in [0.2, 0.25) is 0 Å². The molecule has 0 bridgehead atoms. The highest BCUT2D eigenvalue weighted by Gasteiger charge is 2.19. The molecule has 4 rings (SSSR count). The average molecular weight is 392 g/mol. The van der Waals surface area contributed by atoms with Crippen molar-refractivity contribution >= 4 is 39.7 Å². The molecule has 8 heteroatoms. The Labute approximate surface area is 164 Å². The number of nitro benzene ring substituents is 1. The average Bonchev–Trinajstić information content (AvgIpc) is 3.32. The fourth-order valence-corrected chi connectivity index (χ4v) is 3.99. The van der Waals surface area contributed by atoms with Crippen molar-refractivity contribution in [3.8, 4) is 10.7 Å². The van der Waals surface area contributed by atoms with Crippen LogP contribution in [0.2, 0.25) is 0 Å². The third kappa shape index (κ3) is 3.14. The molecule has 1 amide bonds. The molecule has 0 aliphatic carbocycles. The smallest absolute Gasteiger partial charge is 0.292 e. The Morgan fingerprint density at radius 2 is 1.89 bits per heavy atom. The number of aromatic nitrogens is 2. The first kappa shape index (κ1) is 17.9. The Morgan fingerprint density at radius 1 is 1.14 bits per heavy atom. The van der Waals surface area contributed by atoms with Gasteiger partial charge in [-0.3, -0.25) is 14.9 Å². The maximum absolute atomic E-state index is 12.6. The van der Waals surface area contributed by atoms with Crippen LogP contribution < -0.4 is 5.32 Å². The predicted molar refractivity (Wildman–Crippen MR) is 110 cm³/mol. The maximum atomic E-state index is 12.6. The molecule has 2 aromatic heterocycles. The summed E-state index contributed by atoms with van der Waals surface area (Å²) < 4.78 is 2.10. The molecule has 0 radical (unpaired) electrons. The number of nitrogens with zero attached hydrogens (tertiary/aromatic N) is 3. The lowest BCUT2D eigenvalue weighted by molar-refractivity contribution is -0.383. The number of anilines is 1. The zero-order valence-electron chi connectivity index (χ0n) is 15.0. The normalized spacial score (nSPS) is 10.9. The monoisotopic (exact) mass is 392 g/mol. The van der Waals surface area contributed by atoms with Gasteiger partial charge >= 0.3 is 0 Å². The largest absolute Gasteiger partial charge is 0.324 e. The highest BCUT2D eigenvalue weighted by molar-refractivity contribution is 7.17. The summed E-state index contributed by atoms with van der Waals surface area (Å²) in [5, 5.41) is 13.8. The van der Waals surface area contributed by atoms with Gasteiger partial charge in [-0.15, -0.1) is 11.3 Å². The Hall–Kier alpha value is -3.52. The second-order valence-electron chi connectivity index (χ2n) is 6.06. The van der Waals surface area contributed by atoms with Crippen LogP contribution in [-0.4, -0.2) is 20.4 Å². The molecule has 0 aliphatic heterocycles. The Morgan fingerprint density at radius 3 is 2.68 bits per heavy atom. The number of benzene rings is 2. The second kappa shape index (κ2) is 7.24. The van der Waals surface area contributed by atoms with Crippen LogP contribution in [-0.2, 0) is 6.54 Å². The summed E-state index contributed by atoms with van der Waals surface area (Å²) in [5.41, 5.74) is 1.98. The van der Waals surface area contributed by atoms with Crippen LogP contribution in [0.25, 0.3) is 21.7 Å². The van der Waals surface area contributed by atoms with Crippen LogP contribution in [0, 0.1) is 10.1 Å². The van der Waals surface area contributed by atoms with Crippen molar-refractivity contribution < 1.29 is 9.72 Å². The van der Waals surface area contributed by atoms with E-state index in [1.807, 2.05) is 37.3 Å². The van der Waals surface area contributed by atoms with Crippen LogP contribution in [0.5, 0.6) is 0 Å². The summed E-state index contributed by atoms with van der Waals surface area (Å²) in [6.45, 7) is 2.80. The lowest BCUT2D eigenvalue weighted by atomic mass is 10.2. The fourth-order valence-electron chi connectivity index (χ4n) is 3.09. The molecule has 2 aromatic carbocycles. The van der Waals surface area contributed by atoms with Crippen molar-refractivity contribution in [2.45, 2.75) is 13.5 Å². The van der Waals surface area contributed by atoms with Gasteiger partial charge < -0.3 is 9.88 Å². The highest BCUT2D eigenvalue weighted by Crippen LogP contribution is 2.31. The topological polar surface area (TPSA) is 90.1 Å². The summed E-state index contributed by atoms with van der Waals surface area (Å²) in [4.78, 5) is 29.3. The van der Waals surface area contributed by atoms with Gasteiger partial charge in [-0.05, 0) is 37.3 Å². The third-order valence-electron chi connectivity index (χ3n) is 4.37. The van der Waals surface area contributed by atoms with Crippen molar-refractivity contribution in [1.29, 1.82) is 0 Å². The summed E-state index contributed by atoms with van der Waals surface area (Å²) >= 11 is 1.31. The fraction of sp³-hybridized carbons (Fsp3) is 0.100. The predicted octanol–water partition coefficient (Wildman–Crippen LogP) is 4.95. The Balaban J connectivity index is 1.65. The summed E-state index contributed by atoms with van der Waals surface area (Å²) in [5.74, 6) is 0.420. The number of aryl methyl sites for hydroxylation is 1. The lowest BCUT2D eigenvalue weighted by Gasteiger charge is -2.05. The molecule has 7 nitrogen and oxygen atoms in total. The highest BCUT2D eigenvalue weighted by atomic mass is 32.1. The molecule has 0 atom stereocenters. The van der Waals surface area contributed by atoms with E-state index in [0.717, 1.165) is 28.3 Å². The van der Waals surface area contributed by atoms with Crippen LogP contribution in [0.3, 0.4) is 0 Å². The lowest BCUT2D eigenvalue weighted by Crippen LogP contribution is -2.11. The number of thiophene rings is 1. The summed E-state index contributed by atoms with van der Waals surface area (Å²) in [7, 11) is 0. The summed E-state index contributed by atoms with van der Waals surface area (Å²) in [6, 6.07) is 17.5. The number of carbonyl (C=O) groups is 1. The van der Waals surface area contributed by atoms with E-state index in [2.05, 4.69) is 9.88 Å². The van der Waals surface area contributed by atoms with E-state index in [1.165, 1.54) is 23.5 Å².